The molecule has 0 aliphatic heterocycles. The topological polar surface area (TPSA) is 92.2 Å². The van der Waals surface area contributed by atoms with Crippen LogP contribution in [0.25, 0.3) is 0 Å². The number of carbonyl (C=O) groups is 2. The molecule has 1 aromatic heterocycles. The van der Waals surface area contributed by atoms with E-state index in [0.717, 1.165) is 5.56 Å². The molecule has 0 atom stereocenters. The van der Waals surface area contributed by atoms with E-state index >= 15 is 0 Å². The van der Waals surface area contributed by atoms with Gasteiger partial charge in [-0.2, -0.15) is 0 Å². The van der Waals surface area contributed by atoms with Crippen LogP contribution in [0.4, 0.5) is 5.69 Å². The fraction of sp³-hybridized carbons (Fsp3) is 0.250. The molecule has 2 N–H and O–H groups in total. The van der Waals surface area contributed by atoms with Crippen LogP contribution in [-0.4, -0.2) is 27.0 Å². The highest BCUT2D eigenvalue weighted by Crippen LogP contribution is 2.21. The van der Waals surface area contributed by atoms with Gasteiger partial charge >= 0.3 is 5.97 Å². The summed E-state index contributed by atoms with van der Waals surface area (Å²) in [6.07, 6.45) is 1.37. The molecule has 0 aliphatic rings. The SMILES string of the molecule is Cc1ccc(NC(=O)c2nc(C(C)C)ncc2Cl)c(C(=O)O)c1. The van der Waals surface area contributed by atoms with Gasteiger partial charge in [-0.05, 0) is 19.1 Å². The summed E-state index contributed by atoms with van der Waals surface area (Å²) in [6.45, 7) is 5.56. The smallest absolute Gasteiger partial charge is 0.337 e. The Balaban J connectivity index is 2.37. The predicted octanol–water partition coefficient (Wildman–Crippen LogP) is 3.51. The second-order valence-corrected chi connectivity index (χ2v) is 5.79. The molecule has 1 aromatic carbocycles. The number of aromatic nitrogens is 2. The van der Waals surface area contributed by atoms with E-state index in [-0.39, 0.29) is 27.9 Å². The first-order chi connectivity index (χ1) is 10.8. The molecule has 120 valence electrons. The fourth-order valence-electron chi connectivity index (χ4n) is 1.94. The van der Waals surface area contributed by atoms with Gasteiger partial charge in [0, 0.05) is 5.92 Å². The summed E-state index contributed by atoms with van der Waals surface area (Å²) in [7, 11) is 0. The lowest BCUT2D eigenvalue weighted by molar-refractivity contribution is 0.0698. The molecule has 7 heteroatoms. The summed E-state index contributed by atoms with van der Waals surface area (Å²) in [6, 6.07) is 4.73. The lowest BCUT2D eigenvalue weighted by Crippen LogP contribution is -2.18. The highest BCUT2D eigenvalue weighted by Gasteiger charge is 2.18. The number of rotatable bonds is 4. The van der Waals surface area contributed by atoms with Gasteiger partial charge in [0.2, 0.25) is 0 Å². The van der Waals surface area contributed by atoms with Crippen LogP contribution in [0, 0.1) is 6.92 Å². The molecule has 2 rings (SSSR count). The maximum Gasteiger partial charge on any atom is 0.337 e. The Morgan fingerprint density at radius 2 is 2.00 bits per heavy atom. The molecule has 2 aromatic rings. The standard InChI is InChI=1S/C16H16ClN3O3/c1-8(2)14-18-7-11(17)13(20-14)15(21)19-12-5-4-9(3)6-10(12)16(22)23/h4-8H,1-3H3,(H,19,21)(H,22,23). The van der Waals surface area contributed by atoms with Gasteiger partial charge in [-0.1, -0.05) is 37.1 Å². The number of carboxylic acid groups (broad SMARTS) is 1. The third-order valence-corrected chi connectivity index (χ3v) is 3.42. The quantitative estimate of drug-likeness (QED) is 0.893. The second kappa shape index (κ2) is 6.75. The number of hydrogen-bond donors (Lipinski definition) is 2. The summed E-state index contributed by atoms with van der Waals surface area (Å²) in [5.74, 6) is -1.18. The summed E-state index contributed by atoms with van der Waals surface area (Å²) in [5.41, 5.74) is 0.992. The van der Waals surface area contributed by atoms with Crippen LogP contribution < -0.4 is 5.32 Å². The molecule has 0 saturated carbocycles. The average Bonchev–Trinajstić information content (AvgIpc) is 2.48. The van der Waals surface area contributed by atoms with Gasteiger partial charge in [0.05, 0.1) is 22.5 Å². The summed E-state index contributed by atoms with van der Waals surface area (Å²) in [5, 5.41) is 11.9. The molecule has 23 heavy (non-hydrogen) atoms. The minimum atomic E-state index is -1.12. The number of aromatic carboxylic acids is 1. The van der Waals surface area contributed by atoms with Crippen molar-refractivity contribution in [2.24, 2.45) is 0 Å². The van der Waals surface area contributed by atoms with E-state index in [1.165, 1.54) is 18.3 Å². The van der Waals surface area contributed by atoms with Crippen molar-refractivity contribution in [3.8, 4) is 0 Å². The van der Waals surface area contributed by atoms with Crippen molar-refractivity contribution in [2.45, 2.75) is 26.7 Å². The largest absolute Gasteiger partial charge is 0.478 e. The van der Waals surface area contributed by atoms with Crippen LogP contribution in [0.15, 0.2) is 24.4 Å². The number of nitrogens with one attached hydrogen (secondary N) is 1. The average molecular weight is 334 g/mol. The molecule has 0 unspecified atom stereocenters. The van der Waals surface area contributed by atoms with Crippen molar-refractivity contribution in [2.75, 3.05) is 5.32 Å². The van der Waals surface area contributed by atoms with Gasteiger partial charge in [0.25, 0.3) is 5.91 Å². The molecule has 0 radical (unpaired) electrons. The molecule has 0 saturated heterocycles. The van der Waals surface area contributed by atoms with Crippen LogP contribution >= 0.6 is 11.6 Å². The summed E-state index contributed by atoms with van der Waals surface area (Å²) < 4.78 is 0. The van der Waals surface area contributed by atoms with Gasteiger partial charge in [-0.15, -0.1) is 0 Å². The molecule has 0 aliphatic carbocycles. The molecular formula is C16H16ClN3O3. The monoisotopic (exact) mass is 333 g/mol. The van der Waals surface area contributed by atoms with Crippen LogP contribution in [0.3, 0.4) is 0 Å². The highest BCUT2D eigenvalue weighted by atomic mass is 35.5. The summed E-state index contributed by atoms with van der Waals surface area (Å²) in [4.78, 5) is 31.9. The zero-order chi connectivity index (χ0) is 17.1. The van der Waals surface area contributed by atoms with E-state index in [4.69, 9.17) is 11.6 Å². The first kappa shape index (κ1) is 16.9. The molecule has 6 nitrogen and oxygen atoms in total. The highest BCUT2D eigenvalue weighted by molar-refractivity contribution is 6.34. The predicted molar refractivity (Wildman–Crippen MR) is 87.2 cm³/mol. The minimum absolute atomic E-state index is 0.00705. The second-order valence-electron chi connectivity index (χ2n) is 5.39. The van der Waals surface area contributed by atoms with Crippen LogP contribution in [0.5, 0.6) is 0 Å². The van der Waals surface area contributed by atoms with Gasteiger partial charge < -0.3 is 10.4 Å². The number of anilines is 1. The van der Waals surface area contributed by atoms with Gasteiger partial charge in [-0.3, -0.25) is 4.79 Å². The number of nitrogens with zero attached hydrogens (tertiary/aromatic N) is 2. The minimum Gasteiger partial charge on any atom is -0.478 e. The van der Waals surface area contributed by atoms with Crippen molar-refractivity contribution in [3.05, 3.63) is 52.1 Å². The van der Waals surface area contributed by atoms with Crippen LogP contribution in [0.1, 0.15) is 52.0 Å². The lowest BCUT2D eigenvalue weighted by Gasteiger charge is -2.11. The van der Waals surface area contributed by atoms with Crippen molar-refractivity contribution in [3.63, 3.8) is 0 Å². The number of halogens is 1. The number of hydrogen-bond acceptors (Lipinski definition) is 4. The van der Waals surface area contributed by atoms with Crippen molar-refractivity contribution in [1.29, 1.82) is 0 Å². The van der Waals surface area contributed by atoms with E-state index in [0.29, 0.717) is 5.82 Å². The van der Waals surface area contributed by atoms with E-state index in [1.54, 1.807) is 13.0 Å². The third kappa shape index (κ3) is 3.84. The van der Waals surface area contributed by atoms with Crippen molar-refractivity contribution < 1.29 is 14.7 Å². The molecule has 1 heterocycles. The first-order valence-corrected chi connectivity index (χ1v) is 7.35. The van der Waals surface area contributed by atoms with Crippen LogP contribution in [0.2, 0.25) is 5.02 Å². The number of carbonyl (C=O) groups excluding carboxylic acids is 1. The molecular weight excluding hydrogens is 318 g/mol. The zero-order valence-electron chi connectivity index (χ0n) is 12.9. The Labute approximate surface area is 138 Å². The van der Waals surface area contributed by atoms with Crippen molar-refractivity contribution in [1.82, 2.24) is 9.97 Å². The van der Waals surface area contributed by atoms with Crippen LogP contribution in [-0.2, 0) is 0 Å². The zero-order valence-corrected chi connectivity index (χ0v) is 13.7. The van der Waals surface area contributed by atoms with Gasteiger partial charge in [0.1, 0.15) is 5.82 Å². The number of amides is 1. The number of benzene rings is 1. The Kier molecular flexibility index (Phi) is 4.95. The molecule has 0 spiro atoms. The van der Waals surface area contributed by atoms with E-state index in [9.17, 15) is 14.7 Å². The lowest BCUT2D eigenvalue weighted by atomic mass is 10.1. The Hall–Kier alpha value is -2.47. The van der Waals surface area contributed by atoms with E-state index < -0.39 is 11.9 Å². The Morgan fingerprint density at radius 1 is 1.30 bits per heavy atom. The number of carboxylic acids is 1. The normalized spacial score (nSPS) is 10.7. The number of aryl methyl sites for hydroxylation is 1. The molecule has 0 bridgehead atoms. The molecule has 0 fully saturated rings. The maximum atomic E-state index is 12.4. The Bertz CT molecular complexity index is 775. The van der Waals surface area contributed by atoms with E-state index in [2.05, 4.69) is 15.3 Å². The van der Waals surface area contributed by atoms with Gasteiger partial charge in [0.15, 0.2) is 5.69 Å². The third-order valence-electron chi connectivity index (χ3n) is 3.15. The fourth-order valence-corrected chi connectivity index (χ4v) is 2.12. The maximum absolute atomic E-state index is 12.4. The summed E-state index contributed by atoms with van der Waals surface area (Å²) >= 11 is 5.99. The van der Waals surface area contributed by atoms with Gasteiger partial charge in [-0.25, -0.2) is 14.8 Å². The molecule has 1 amide bonds. The first-order valence-electron chi connectivity index (χ1n) is 6.97. The Morgan fingerprint density at radius 3 is 2.61 bits per heavy atom. The van der Waals surface area contributed by atoms with E-state index in [1.807, 2.05) is 13.8 Å². The van der Waals surface area contributed by atoms with Crippen molar-refractivity contribution >= 4 is 29.2 Å².